The molecule has 102 valence electrons. The highest BCUT2D eigenvalue weighted by molar-refractivity contribution is 5.94. The van der Waals surface area contributed by atoms with E-state index in [-0.39, 0.29) is 5.57 Å². The van der Waals surface area contributed by atoms with Crippen molar-refractivity contribution < 1.29 is 19.8 Å². The van der Waals surface area contributed by atoms with E-state index in [1.54, 1.807) is 6.08 Å². The molecule has 4 heteroatoms. The number of rotatable bonds is 9. The molecular weight excluding hydrogens is 232 g/mol. The van der Waals surface area contributed by atoms with Crippen molar-refractivity contribution in [2.24, 2.45) is 5.92 Å². The van der Waals surface area contributed by atoms with Crippen LogP contribution in [0.3, 0.4) is 0 Å². The van der Waals surface area contributed by atoms with E-state index in [9.17, 15) is 9.59 Å². The molecule has 0 spiro atoms. The van der Waals surface area contributed by atoms with Crippen LogP contribution in [0.25, 0.3) is 0 Å². The predicted molar refractivity (Wildman–Crippen MR) is 70.4 cm³/mol. The van der Waals surface area contributed by atoms with Crippen LogP contribution in [0.5, 0.6) is 0 Å². The molecule has 0 aliphatic carbocycles. The number of hydrogen-bond acceptors (Lipinski definition) is 2. The van der Waals surface area contributed by atoms with E-state index in [1.807, 2.05) is 0 Å². The van der Waals surface area contributed by atoms with Gasteiger partial charge >= 0.3 is 11.9 Å². The first-order valence-electron chi connectivity index (χ1n) is 6.33. The second-order valence-corrected chi connectivity index (χ2v) is 4.14. The van der Waals surface area contributed by atoms with Crippen molar-refractivity contribution >= 4 is 11.9 Å². The smallest absolute Gasteiger partial charge is 0.332 e. The highest BCUT2D eigenvalue weighted by Gasteiger charge is 2.23. The van der Waals surface area contributed by atoms with E-state index in [4.69, 9.17) is 10.2 Å². The van der Waals surface area contributed by atoms with Gasteiger partial charge in [-0.25, -0.2) is 4.79 Å². The van der Waals surface area contributed by atoms with E-state index in [0.29, 0.717) is 0 Å². The van der Waals surface area contributed by atoms with Gasteiger partial charge in [-0.15, -0.1) is 0 Å². The van der Waals surface area contributed by atoms with Crippen molar-refractivity contribution in [3.05, 3.63) is 23.8 Å². The van der Waals surface area contributed by atoms with Gasteiger partial charge in [0, 0.05) is 0 Å². The van der Waals surface area contributed by atoms with Crippen molar-refractivity contribution in [2.75, 3.05) is 0 Å². The number of carboxylic acids is 2. The van der Waals surface area contributed by atoms with Crippen molar-refractivity contribution in [1.29, 1.82) is 0 Å². The zero-order valence-electron chi connectivity index (χ0n) is 11.1. The Morgan fingerprint density at radius 1 is 1.17 bits per heavy atom. The number of carbonyl (C=O) groups is 2. The highest BCUT2D eigenvalue weighted by atomic mass is 16.4. The Labute approximate surface area is 108 Å². The summed E-state index contributed by atoms with van der Waals surface area (Å²) in [6.07, 6.45) is 9.82. The van der Waals surface area contributed by atoms with Crippen LogP contribution in [0.4, 0.5) is 0 Å². The highest BCUT2D eigenvalue weighted by Crippen LogP contribution is 2.15. The molecule has 0 aromatic carbocycles. The van der Waals surface area contributed by atoms with E-state index in [0.717, 1.165) is 25.7 Å². The molecule has 0 aromatic heterocycles. The lowest BCUT2D eigenvalue weighted by atomic mass is 9.97. The van der Waals surface area contributed by atoms with Crippen LogP contribution in [0.2, 0.25) is 0 Å². The third kappa shape index (κ3) is 6.23. The first kappa shape index (κ1) is 16.4. The Bertz CT molecular complexity index is 329. The minimum atomic E-state index is -1.18. The van der Waals surface area contributed by atoms with Gasteiger partial charge < -0.3 is 10.2 Å². The molecule has 0 bridgehead atoms. The zero-order valence-corrected chi connectivity index (χ0v) is 11.1. The van der Waals surface area contributed by atoms with Crippen LogP contribution in [-0.4, -0.2) is 22.2 Å². The van der Waals surface area contributed by atoms with Crippen molar-refractivity contribution in [3.63, 3.8) is 0 Å². The molecule has 0 rings (SSSR count). The van der Waals surface area contributed by atoms with E-state index in [2.05, 4.69) is 6.92 Å². The summed E-state index contributed by atoms with van der Waals surface area (Å²) in [6, 6.07) is 0. The van der Waals surface area contributed by atoms with Gasteiger partial charge in [0.2, 0.25) is 0 Å². The molecule has 0 aliphatic rings. The number of carboxylic acid groups (broad SMARTS) is 2. The lowest BCUT2D eigenvalue weighted by molar-refractivity contribution is -0.142. The molecular formula is C14H22O4. The van der Waals surface area contributed by atoms with Crippen molar-refractivity contribution in [3.8, 4) is 0 Å². The molecule has 0 amide bonds. The van der Waals surface area contributed by atoms with Gasteiger partial charge in [0.1, 0.15) is 5.92 Å². The maximum Gasteiger partial charge on any atom is 0.332 e. The van der Waals surface area contributed by atoms with Crippen LogP contribution in [-0.2, 0) is 9.59 Å². The van der Waals surface area contributed by atoms with Crippen LogP contribution < -0.4 is 0 Å². The van der Waals surface area contributed by atoms with Gasteiger partial charge in [0.05, 0.1) is 5.57 Å². The first-order valence-corrected chi connectivity index (χ1v) is 6.33. The Balaban J connectivity index is 4.41. The fourth-order valence-corrected chi connectivity index (χ4v) is 1.68. The number of unbranched alkanes of at least 4 members (excludes halogenated alkanes) is 4. The van der Waals surface area contributed by atoms with Crippen LogP contribution in [0.15, 0.2) is 23.8 Å². The van der Waals surface area contributed by atoms with E-state index >= 15 is 0 Å². The minimum absolute atomic E-state index is 0.0905. The minimum Gasteiger partial charge on any atom is -0.481 e. The topological polar surface area (TPSA) is 74.6 Å². The fourth-order valence-electron chi connectivity index (χ4n) is 1.68. The molecule has 0 aromatic rings. The maximum atomic E-state index is 11.0. The van der Waals surface area contributed by atoms with E-state index < -0.39 is 17.9 Å². The molecule has 0 saturated carbocycles. The molecule has 0 heterocycles. The summed E-state index contributed by atoms with van der Waals surface area (Å²) >= 11 is 0. The van der Waals surface area contributed by atoms with Crippen LogP contribution in [0.1, 0.15) is 46.0 Å². The largest absolute Gasteiger partial charge is 0.481 e. The molecule has 0 aliphatic heterocycles. The summed E-state index contributed by atoms with van der Waals surface area (Å²) in [4.78, 5) is 21.9. The molecule has 2 N–H and O–H groups in total. The summed E-state index contributed by atoms with van der Waals surface area (Å²) in [7, 11) is 0. The number of allylic oxidation sites excluding steroid dienone is 2. The maximum absolute atomic E-state index is 11.0. The monoisotopic (exact) mass is 254 g/mol. The van der Waals surface area contributed by atoms with Crippen molar-refractivity contribution in [2.45, 2.75) is 46.0 Å². The van der Waals surface area contributed by atoms with Gasteiger partial charge in [0.15, 0.2) is 0 Å². The molecule has 1 unspecified atom stereocenters. The summed E-state index contributed by atoms with van der Waals surface area (Å²) < 4.78 is 0. The fraction of sp³-hybridized carbons (Fsp3) is 0.571. The normalized spacial score (nSPS) is 13.8. The first-order chi connectivity index (χ1) is 8.54. The molecule has 4 nitrogen and oxygen atoms in total. The number of hydrogen-bond donors (Lipinski definition) is 2. The second-order valence-electron chi connectivity index (χ2n) is 4.14. The van der Waals surface area contributed by atoms with Gasteiger partial charge in [-0.2, -0.15) is 0 Å². The molecule has 0 saturated heterocycles. The predicted octanol–water partition coefficient (Wildman–Crippen LogP) is 3.24. The SMILES string of the molecule is CC=C(C(=O)O)C(C=CCCCCCC)C(=O)O. The second kappa shape index (κ2) is 9.45. The lowest BCUT2D eigenvalue weighted by Crippen LogP contribution is -2.19. The third-order valence-electron chi connectivity index (χ3n) is 2.71. The molecule has 0 fully saturated rings. The average molecular weight is 254 g/mol. The summed E-state index contributed by atoms with van der Waals surface area (Å²) in [5.74, 6) is -3.37. The van der Waals surface area contributed by atoms with Gasteiger partial charge in [-0.05, 0) is 19.8 Å². The van der Waals surface area contributed by atoms with Crippen LogP contribution in [0, 0.1) is 5.92 Å². The van der Waals surface area contributed by atoms with Gasteiger partial charge in [-0.3, -0.25) is 4.79 Å². The van der Waals surface area contributed by atoms with E-state index in [1.165, 1.54) is 25.5 Å². The Kier molecular flexibility index (Phi) is 8.62. The quantitative estimate of drug-likeness (QED) is 0.376. The molecule has 1 atom stereocenters. The standard InChI is InChI=1S/C14H22O4/c1-3-5-6-7-8-9-10-12(14(17)18)11(4-2)13(15)16/h4,9-10,12H,3,5-8H2,1-2H3,(H,15,16)(H,17,18). The van der Waals surface area contributed by atoms with Crippen LogP contribution >= 0.6 is 0 Å². The van der Waals surface area contributed by atoms with Gasteiger partial charge in [0.25, 0.3) is 0 Å². The Morgan fingerprint density at radius 3 is 2.28 bits per heavy atom. The van der Waals surface area contributed by atoms with Gasteiger partial charge in [-0.1, -0.05) is 44.4 Å². The average Bonchev–Trinajstić information content (AvgIpc) is 2.31. The lowest BCUT2D eigenvalue weighted by Gasteiger charge is -2.08. The molecule has 18 heavy (non-hydrogen) atoms. The zero-order chi connectivity index (χ0) is 14.0. The Morgan fingerprint density at radius 2 is 1.83 bits per heavy atom. The summed E-state index contributed by atoms with van der Waals surface area (Å²) in [5, 5.41) is 17.9. The van der Waals surface area contributed by atoms with Crippen molar-refractivity contribution in [1.82, 2.24) is 0 Å². The third-order valence-corrected chi connectivity index (χ3v) is 2.71. The summed E-state index contributed by atoms with van der Waals surface area (Å²) in [5.41, 5.74) is -0.0905. The number of aliphatic carboxylic acids is 2. The Hall–Kier alpha value is -1.58. The molecule has 0 radical (unpaired) electrons. The summed E-state index contributed by atoms with van der Waals surface area (Å²) in [6.45, 7) is 3.66.